The minimum atomic E-state index is -0.453. The molecule has 2 aromatic carbocycles. The second-order valence-electron chi connectivity index (χ2n) is 5.61. The monoisotopic (exact) mass is 416 g/mol. The number of nitrogens with two attached hydrogens (primary N) is 1. The lowest BCUT2D eigenvalue weighted by atomic mass is 9.83. The molecule has 2 aromatic rings. The minimum Gasteiger partial charge on any atom is -0.508 e. The molecular weight excluding hydrogens is 400 g/mol. The van der Waals surface area contributed by atoms with E-state index in [0.717, 1.165) is 11.1 Å². The zero-order chi connectivity index (χ0) is 18.8. The van der Waals surface area contributed by atoms with Gasteiger partial charge in [0.05, 0.1) is 24.1 Å². The normalized spacial score (nSPS) is 15.7. The first-order chi connectivity index (χ1) is 12.5. The molecule has 0 amide bonds. The Kier molecular flexibility index (Phi) is 4.96. The number of fused-ring (bicyclic) bond motifs is 1. The van der Waals surface area contributed by atoms with E-state index in [-0.39, 0.29) is 11.6 Å². The van der Waals surface area contributed by atoms with Gasteiger partial charge in [-0.25, -0.2) is 0 Å². The molecule has 134 valence electrons. The van der Waals surface area contributed by atoms with Gasteiger partial charge >= 0.3 is 0 Å². The number of hydrogen-bond acceptors (Lipinski definition) is 6. The Morgan fingerprint density at radius 2 is 2.12 bits per heavy atom. The maximum atomic E-state index is 9.73. The summed E-state index contributed by atoms with van der Waals surface area (Å²) in [6, 6.07) is 10.6. The maximum Gasteiger partial charge on any atom is 0.205 e. The quantitative estimate of drug-likeness (QED) is 0.786. The van der Waals surface area contributed by atoms with Crippen molar-refractivity contribution in [2.75, 3.05) is 13.7 Å². The van der Waals surface area contributed by atoms with Crippen molar-refractivity contribution in [3.63, 3.8) is 0 Å². The lowest BCUT2D eigenvalue weighted by molar-refractivity contribution is 0.308. The number of nitriles is 1. The molecule has 0 aliphatic carbocycles. The fraction of sp³-hybridized carbons (Fsp3) is 0.211. The number of allylic oxidation sites excluding steroid dienone is 1. The van der Waals surface area contributed by atoms with Crippen LogP contribution in [0.4, 0.5) is 0 Å². The Hall–Kier alpha value is -2.85. The fourth-order valence-corrected chi connectivity index (χ4v) is 3.55. The average molecular weight is 417 g/mol. The van der Waals surface area contributed by atoms with Gasteiger partial charge in [0.1, 0.15) is 23.1 Å². The highest BCUT2D eigenvalue weighted by Gasteiger charge is 2.32. The summed E-state index contributed by atoms with van der Waals surface area (Å²) in [5.41, 5.74) is 7.76. The summed E-state index contributed by atoms with van der Waals surface area (Å²) < 4.78 is 17.3. The van der Waals surface area contributed by atoms with Crippen molar-refractivity contribution >= 4 is 15.9 Å². The predicted molar refractivity (Wildman–Crippen MR) is 99.3 cm³/mol. The van der Waals surface area contributed by atoms with Gasteiger partial charge in [0.2, 0.25) is 5.88 Å². The number of benzene rings is 2. The molecule has 26 heavy (non-hydrogen) atoms. The Bertz CT molecular complexity index is 934. The molecule has 0 saturated carbocycles. The van der Waals surface area contributed by atoms with Gasteiger partial charge in [0.15, 0.2) is 11.5 Å². The van der Waals surface area contributed by atoms with Gasteiger partial charge in [-0.05, 0) is 46.6 Å². The van der Waals surface area contributed by atoms with E-state index in [1.54, 1.807) is 19.2 Å². The summed E-state index contributed by atoms with van der Waals surface area (Å²) in [6.07, 6.45) is 0. The number of methoxy groups -OCH3 is 1. The number of ether oxygens (including phenoxy) is 3. The first kappa shape index (κ1) is 18.0. The van der Waals surface area contributed by atoms with Gasteiger partial charge < -0.3 is 25.1 Å². The van der Waals surface area contributed by atoms with Gasteiger partial charge in [-0.1, -0.05) is 6.07 Å². The summed E-state index contributed by atoms with van der Waals surface area (Å²) in [7, 11) is 1.56. The Balaban J connectivity index is 2.22. The second-order valence-corrected chi connectivity index (χ2v) is 6.47. The van der Waals surface area contributed by atoms with Crippen molar-refractivity contribution in [1.29, 1.82) is 5.26 Å². The van der Waals surface area contributed by atoms with Crippen molar-refractivity contribution in [2.24, 2.45) is 5.73 Å². The van der Waals surface area contributed by atoms with Crippen LogP contribution in [-0.2, 0) is 0 Å². The number of halogens is 1. The molecule has 0 saturated heterocycles. The Morgan fingerprint density at radius 1 is 1.35 bits per heavy atom. The number of nitrogens with zero attached hydrogens (tertiary/aromatic N) is 1. The minimum absolute atomic E-state index is 0.0135. The summed E-state index contributed by atoms with van der Waals surface area (Å²) in [5.74, 6) is 1.16. The van der Waals surface area contributed by atoms with Crippen LogP contribution in [0.2, 0.25) is 0 Å². The van der Waals surface area contributed by atoms with Gasteiger partial charge in [-0.2, -0.15) is 5.26 Å². The summed E-state index contributed by atoms with van der Waals surface area (Å²) in [5, 5.41) is 19.4. The summed E-state index contributed by atoms with van der Waals surface area (Å²) in [4.78, 5) is 0. The van der Waals surface area contributed by atoms with Crippen molar-refractivity contribution in [3.8, 4) is 29.1 Å². The predicted octanol–water partition coefficient (Wildman–Crippen LogP) is 3.78. The molecule has 0 aromatic heterocycles. The largest absolute Gasteiger partial charge is 0.508 e. The molecule has 1 aliphatic rings. The Labute approximate surface area is 159 Å². The highest BCUT2D eigenvalue weighted by atomic mass is 79.9. The van der Waals surface area contributed by atoms with Crippen LogP contribution in [0.1, 0.15) is 24.0 Å². The first-order valence-corrected chi connectivity index (χ1v) is 8.70. The van der Waals surface area contributed by atoms with E-state index in [1.807, 2.05) is 19.1 Å². The molecule has 1 unspecified atom stereocenters. The lowest BCUT2D eigenvalue weighted by Crippen LogP contribution is -2.21. The van der Waals surface area contributed by atoms with Crippen LogP contribution in [0.5, 0.6) is 23.0 Å². The van der Waals surface area contributed by atoms with Gasteiger partial charge in [0.25, 0.3) is 0 Å². The standard InChI is InChI=1S/C19H17BrN2O4/c1-3-25-18-14(20)6-10(7-16(18)24-2)17-12-5-4-11(23)8-15(12)26-19(22)13(17)9-21/h4-8,17,23H,3,22H2,1-2H3. The Morgan fingerprint density at radius 3 is 2.77 bits per heavy atom. The third kappa shape index (κ3) is 3.04. The first-order valence-electron chi connectivity index (χ1n) is 7.90. The van der Waals surface area contributed by atoms with Gasteiger partial charge in [-0.15, -0.1) is 0 Å². The van der Waals surface area contributed by atoms with Crippen LogP contribution in [0.3, 0.4) is 0 Å². The van der Waals surface area contributed by atoms with Gasteiger partial charge in [0, 0.05) is 11.6 Å². The van der Waals surface area contributed by atoms with E-state index in [0.29, 0.717) is 33.9 Å². The molecule has 7 heteroatoms. The molecule has 0 radical (unpaired) electrons. The number of rotatable bonds is 4. The van der Waals surface area contributed by atoms with E-state index in [1.165, 1.54) is 6.07 Å². The lowest BCUT2D eigenvalue weighted by Gasteiger charge is -2.27. The topological polar surface area (TPSA) is 97.7 Å². The van der Waals surface area contributed by atoms with Crippen LogP contribution in [-0.4, -0.2) is 18.8 Å². The molecule has 3 N–H and O–H groups in total. The van der Waals surface area contributed by atoms with E-state index < -0.39 is 5.92 Å². The van der Waals surface area contributed by atoms with E-state index in [9.17, 15) is 10.4 Å². The number of phenols is 1. The fourth-order valence-electron chi connectivity index (χ4n) is 2.98. The number of phenolic OH excluding ortho intramolecular Hbond substituents is 1. The molecule has 6 nitrogen and oxygen atoms in total. The highest BCUT2D eigenvalue weighted by molar-refractivity contribution is 9.10. The van der Waals surface area contributed by atoms with E-state index in [2.05, 4.69) is 22.0 Å². The van der Waals surface area contributed by atoms with Crippen molar-refractivity contribution < 1.29 is 19.3 Å². The van der Waals surface area contributed by atoms with Crippen LogP contribution >= 0.6 is 15.9 Å². The molecule has 3 rings (SSSR count). The number of aromatic hydroxyl groups is 1. The zero-order valence-corrected chi connectivity index (χ0v) is 15.8. The van der Waals surface area contributed by atoms with Crippen LogP contribution in [0.25, 0.3) is 0 Å². The highest BCUT2D eigenvalue weighted by Crippen LogP contribution is 2.46. The van der Waals surface area contributed by atoms with Crippen LogP contribution in [0.15, 0.2) is 46.3 Å². The van der Waals surface area contributed by atoms with Crippen molar-refractivity contribution in [1.82, 2.24) is 0 Å². The SMILES string of the molecule is CCOc1c(Br)cc(C2C(C#N)=C(N)Oc3cc(O)ccc32)cc1OC. The molecule has 0 fully saturated rings. The second kappa shape index (κ2) is 7.18. The third-order valence-electron chi connectivity index (χ3n) is 4.08. The number of hydrogen-bond donors (Lipinski definition) is 2. The van der Waals surface area contributed by atoms with Gasteiger partial charge in [-0.3, -0.25) is 0 Å². The van der Waals surface area contributed by atoms with Crippen molar-refractivity contribution in [2.45, 2.75) is 12.8 Å². The average Bonchev–Trinajstić information content (AvgIpc) is 2.62. The molecular formula is C19H17BrN2O4. The zero-order valence-electron chi connectivity index (χ0n) is 14.2. The molecule has 1 aliphatic heterocycles. The summed E-state index contributed by atoms with van der Waals surface area (Å²) in [6.45, 7) is 2.38. The smallest absolute Gasteiger partial charge is 0.205 e. The van der Waals surface area contributed by atoms with Crippen molar-refractivity contribution in [3.05, 3.63) is 57.4 Å². The van der Waals surface area contributed by atoms with E-state index in [4.69, 9.17) is 19.9 Å². The molecule has 0 bridgehead atoms. The molecule has 1 heterocycles. The molecule has 1 atom stereocenters. The molecule has 0 spiro atoms. The van der Waals surface area contributed by atoms with Crippen LogP contribution in [0, 0.1) is 11.3 Å². The third-order valence-corrected chi connectivity index (χ3v) is 4.67. The summed E-state index contributed by atoms with van der Waals surface area (Å²) >= 11 is 3.51. The van der Waals surface area contributed by atoms with Crippen LogP contribution < -0.4 is 19.9 Å². The maximum absolute atomic E-state index is 9.73. The van der Waals surface area contributed by atoms with E-state index >= 15 is 0 Å².